The number of benzene rings is 1. The molecule has 0 spiro atoms. The number of aromatic hydroxyl groups is 1. The number of carbonyl (C=O) groups is 1. The Hall–Kier alpha value is -1.51. The molecule has 0 atom stereocenters. The number of carboxylic acid groups (broad SMARTS) is 1. The maximum absolute atomic E-state index is 11.1. The number of hydrogen-bond acceptors (Lipinski definition) is 2. The van der Waals surface area contributed by atoms with Crippen LogP contribution in [0.15, 0.2) is 12.1 Å². The van der Waals surface area contributed by atoms with E-state index in [1.807, 2.05) is 33.8 Å². The Kier molecular flexibility index (Phi) is 3.58. The smallest absolute Gasteiger partial charge is 0.339 e. The molecule has 2 N–H and O–H groups in total. The van der Waals surface area contributed by atoms with Gasteiger partial charge in [-0.1, -0.05) is 33.8 Å². The van der Waals surface area contributed by atoms with Gasteiger partial charge in [0.2, 0.25) is 0 Å². The highest BCUT2D eigenvalue weighted by atomic mass is 16.4. The van der Waals surface area contributed by atoms with Crippen molar-refractivity contribution < 1.29 is 15.0 Å². The first kappa shape index (κ1) is 12.6. The lowest BCUT2D eigenvalue weighted by Gasteiger charge is -2.15. The van der Waals surface area contributed by atoms with Crippen molar-refractivity contribution in [2.45, 2.75) is 39.5 Å². The highest BCUT2D eigenvalue weighted by molar-refractivity contribution is 5.93. The molecule has 1 aromatic carbocycles. The maximum Gasteiger partial charge on any atom is 0.339 e. The van der Waals surface area contributed by atoms with E-state index in [1.165, 1.54) is 0 Å². The second kappa shape index (κ2) is 4.56. The SMILES string of the molecule is CC(C)c1cc(O)c(C(=O)O)c(C(C)C)c1. The third-order valence-electron chi connectivity index (χ3n) is 2.67. The van der Waals surface area contributed by atoms with Gasteiger partial charge < -0.3 is 10.2 Å². The number of carboxylic acids is 1. The molecule has 0 heterocycles. The highest BCUT2D eigenvalue weighted by Crippen LogP contribution is 2.31. The first-order valence-electron chi connectivity index (χ1n) is 5.44. The summed E-state index contributed by atoms with van der Waals surface area (Å²) in [5, 5.41) is 18.8. The molecule has 0 aliphatic carbocycles. The van der Waals surface area contributed by atoms with Crippen LogP contribution in [-0.4, -0.2) is 16.2 Å². The Labute approximate surface area is 95.7 Å². The summed E-state index contributed by atoms with van der Waals surface area (Å²) in [5.74, 6) is -0.860. The summed E-state index contributed by atoms with van der Waals surface area (Å²) in [7, 11) is 0. The van der Waals surface area contributed by atoms with Gasteiger partial charge in [0.25, 0.3) is 0 Å². The van der Waals surface area contributed by atoms with Gasteiger partial charge >= 0.3 is 5.97 Å². The predicted octanol–water partition coefficient (Wildman–Crippen LogP) is 3.34. The van der Waals surface area contributed by atoms with Crippen molar-refractivity contribution >= 4 is 5.97 Å². The Bertz CT molecular complexity index is 406. The van der Waals surface area contributed by atoms with E-state index in [0.29, 0.717) is 5.56 Å². The van der Waals surface area contributed by atoms with Gasteiger partial charge in [0.1, 0.15) is 11.3 Å². The summed E-state index contributed by atoms with van der Waals surface area (Å²) in [6.45, 7) is 7.87. The average molecular weight is 222 g/mol. The first-order valence-corrected chi connectivity index (χ1v) is 5.44. The monoisotopic (exact) mass is 222 g/mol. The van der Waals surface area contributed by atoms with Crippen LogP contribution >= 0.6 is 0 Å². The predicted molar refractivity (Wildman–Crippen MR) is 63.2 cm³/mol. The third-order valence-corrected chi connectivity index (χ3v) is 2.67. The highest BCUT2D eigenvalue weighted by Gasteiger charge is 2.19. The Balaban J connectivity index is 3.45. The fraction of sp³-hybridized carbons (Fsp3) is 0.462. The maximum atomic E-state index is 11.1. The van der Waals surface area contributed by atoms with E-state index < -0.39 is 5.97 Å². The van der Waals surface area contributed by atoms with Crippen LogP contribution in [0.1, 0.15) is 61.0 Å². The van der Waals surface area contributed by atoms with Crippen LogP contribution in [0.4, 0.5) is 0 Å². The fourth-order valence-corrected chi connectivity index (χ4v) is 1.69. The molecule has 0 aliphatic rings. The second-order valence-corrected chi connectivity index (χ2v) is 4.62. The summed E-state index contributed by atoms with van der Waals surface area (Å²) in [6, 6.07) is 3.42. The molecule has 0 unspecified atom stereocenters. The molecule has 0 fully saturated rings. The molecular weight excluding hydrogens is 204 g/mol. The molecular formula is C13H18O3. The minimum absolute atomic E-state index is 0.0272. The van der Waals surface area contributed by atoms with Crippen molar-refractivity contribution in [1.29, 1.82) is 0 Å². The molecule has 0 radical (unpaired) electrons. The molecule has 0 bridgehead atoms. The molecule has 88 valence electrons. The van der Waals surface area contributed by atoms with E-state index in [1.54, 1.807) is 6.07 Å². The van der Waals surface area contributed by atoms with Gasteiger partial charge in [0.05, 0.1) is 0 Å². The van der Waals surface area contributed by atoms with Gasteiger partial charge in [-0.25, -0.2) is 4.79 Å². The minimum Gasteiger partial charge on any atom is -0.507 e. The third kappa shape index (κ3) is 2.35. The second-order valence-electron chi connectivity index (χ2n) is 4.62. The summed E-state index contributed by atoms with van der Waals surface area (Å²) >= 11 is 0. The van der Waals surface area contributed by atoms with Gasteiger partial charge in [-0.05, 0) is 29.0 Å². The van der Waals surface area contributed by atoms with E-state index in [0.717, 1.165) is 5.56 Å². The molecule has 3 heteroatoms. The lowest BCUT2D eigenvalue weighted by molar-refractivity contribution is 0.0692. The van der Waals surface area contributed by atoms with Crippen LogP contribution in [0.3, 0.4) is 0 Å². The zero-order valence-corrected chi connectivity index (χ0v) is 10.1. The lowest BCUT2D eigenvalue weighted by atomic mass is 9.91. The first-order chi connectivity index (χ1) is 7.34. The topological polar surface area (TPSA) is 57.5 Å². The zero-order valence-electron chi connectivity index (χ0n) is 10.1. The van der Waals surface area contributed by atoms with Crippen LogP contribution < -0.4 is 0 Å². The quantitative estimate of drug-likeness (QED) is 0.824. The largest absolute Gasteiger partial charge is 0.507 e. The van der Waals surface area contributed by atoms with Crippen LogP contribution in [0.25, 0.3) is 0 Å². The van der Waals surface area contributed by atoms with E-state index >= 15 is 0 Å². The van der Waals surface area contributed by atoms with Gasteiger partial charge in [-0.3, -0.25) is 0 Å². The van der Waals surface area contributed by atoms with Crippen molar-refractivity contribution in [1.82, 2.24) is 0 Å². The Morgan fingerprint density at radius 3 is 2.06 bits per heavy atom. The number of rotatable bonds is 3. The zero-order chi connectivity index (χ0) is 12.5. The fourth-order valence-electron chi connectivity index (χ4n) is 1.69. The van der Waals surface area contributed by atoms with Crippen LogP contribution in [-0.2, 0) is 0 Å². The summed E-state index contributed by atoms with van der Waals surface area (Å²) in [6.07, 6.45) is 0. The molecule has 1 rings (SSSR count). The van der Waals surface area contributed by atoms with Gasteiger partial charge in [0.15, 0.2) is 0 Å². The van der Waals surface area contributed by atoms with Crippen LogP contribution in [0.2, 0.25) is 0 Å². The van der Waals surface area contributed by atoms with Gasteiger partial charge in [-0.2, -0.15) is 0 Å². The molecule has 0 amide bonds. The summed E-state index contributed by atoms with van der Waals surface area (Å²) < 4.78 is 0. The average Bonchev–Trinajstić information content (AvgIpc) is 2.15. The molecule has 16 heavy (non-hydrogen) atoms. The van der Waals surface area contributed by atoms with Crippen molar-refractivity contribution in [3.63, 3.8) is 0 Å². The van der Waals surface area contributed by atoms with Crippen molar-refractivity contribution in [3.05, 3.63) is 28.8 Å². The Morgan fingerprint density at radius 2 is 1.69 bits per heavy atom. The van der Waals surface area contributed by atoms with Gasteiger partial charge in [0, 0.05) is 0 Å². The van der Waals surface area contributed by atoms with E-state index in [4.69, 9.17) is 5.11 Å². The van der Waals surface area contributed by atoms with E-state index in [2.05, 4.69) is 0 Å². The van der Waals surface area contributed by atoms with Crippen molar-refractivity contribution in [3.8, 4) is 5.75 Å². The minimum atomic E-state index is -1.07. The summed E-state index contributed by atoms with van der Waals surface area (Å²) in [4.78, 5) is 11.1. The van der Waals surface area contributed by atoms with E-state index in [9.17, 15) is 9.90 Å². The van der Waals surface area contributed by atoms with E-state index in [-0.39, 0.29) is 23.1 Å². The molecule has 0 saturated carbocycles. The Morgan fingerprint density at radius 1 is 1.12 bits per heavy atom. The number of hydrogen-bond donors (Lipinski definition) is 2. The number of aromatic carboxylic acids is 1. The lowest BCUT2D eigenvalue weighted by Crippen LogP contribution is -2.06. The normalized spacial score (nSPS) is 11.1. The van der Waals surface area contributed by atoms with Gasteiger partial charge in [-0.15, -0.1) is 0 Å². The van der Waals surface area contributed by atoms with Crippen LogP contribution in [0, 0.1) is 0 Å². The molecule has 0 saturated heterocycles. The molecule has 0 aliphatic heterocycles. The van der Waals surface area contributed by atoms with Crippen LogP contribution in [0.5, 0.6) is 5.75 Å². The summed E-state index contributed by atoms with van der Waals surface area (Å²) in [5.41, 5.74) is 1.68. The molecule has 3 nitrogen and oxygen atoms in total. The molecule has 1 aromatic rings. The van der Waals surface area contributed by atoms with Crippen molar-refractivity contribution in [2.75, 3.05) is 0 Å². The molecule has 0 aromatic heterocycles. The van der Waals surface area contributed by atoms with Crippen molar-refractivity contribution in [2.24, 2.45) is 0 Å². The standard InChI is InChI=1S/C13H18O3/c1-7(2)9-5-10(8(3)4)12(13(15)16)11(14)6-9/h5-8,14H,1-4H3,(H,15,16). The number of phenols is 1.